The number of ether oxygens (including phenoxy) is 3. The molecule has 1 unspecified atom stereocenters. The predicted octanol–water partition coefficient (Wildman–Crippen LogP) is 20.4. The number of carbonyl (C=O) groups is 3. The zero-order valence-corrected chi connectivity index (χ0v) is 46.3. The van der Waals surface area contributed by atoms with E-state index in [1.807, 2.05) is 0 Å². The van der Waals surface area contributed by atoms with Crippen LogP contribution in [0.5, 0.6) is 0 Å². The van der Waals surface area contributed by atoms with Crippen molar-refractivity contribution < 1.29 is 28.6 Å². The third-order valence-corrected chi connectivity index (χ3v) is 13.7. The molecule has 6 nitrogen and oxygen atoms in total. The van der Waals surface area contributed by atoms with Crippen LogP contribution in [0.2, 0.25) is 0 Å². The van der Waals surface area contributed by atoms with Gasteiger partial charge in [0.05, 0.1) is 0 Å². The quantitative estimate of drug-likeness (QED) is 0.0261. The van der Waals surface area contributed by atoms with Crippen LogP contribution < -0.4 is 0 Å². The van der Waals surface area contributed by atoms with Gasteiger partial charge >= 0.3 is 17.9 Å². The largest absolute Gasteiger partial charge is 0.462 e. The predicted molar refractivity (Wildman–Crippen MR) is 298 cm³/mol. The molecule has 0 bridgehead atoms. The molecule has 0 radical (unpaired) electrons. The van der Waals surface area contributed by atoms with Gasteiger partial charge in [0.15, 0.2) is 6.10 Å². The number of unbranched alkanes of at least 4 members (excludes halogenated alkanes) is 39. The minimum Gasteiger partial charge on any atom is -0.462 e. The Morgan fingerprint density at radius 1 is 0.304 bits per heavy atom. The van der Waals surface area contributed by atoms with Gasteiger partial charge in [-0.2, -0.15) is 0 Å². The molecular weight excluding hydrogens is 853 g/mol. The van der Waals surface area contributed by atoms with Gasteiger partial charge < -0.3 is 14.2 Å². The average molecular weight is 970 g/mol. The highest BCUT2D eigenvalue weighted by Gasteiger charge is 2.19. The second-order valence-electron chi connectivity index (χ2n) is 20.6. The summed E-state index contributed by atoms with van der Waals surface area (Å²) in [7, 11) is 0. The van der Waals surface area contributed by atoms with Gasteiger partial charge in [-0.15, -0.1) is 0 Å². The number of carbonyl (C=O) groups excluding carboxylic acids is 3. The number of hydrogen-bond donors (Lipinski definition) is 0. The van der Waals surface area contributed by atoms with Crippen molar-refractivity contribution in [2.75, 3.05) is 13.2 Å². The van der Waals surface area contributed by atoms with E-state index in [1.165, 1.54) is 205 Å². The van der Waals surface area contributed by atoms with Gasteiger partial charge in [-0.25, -0.2) is 0 Å². The SMILES string of the molecule is CC/C=C\C/C=C\C/C=C\CCCCCC(=O)OC(COC(=O)CCCCCCCCC)COC(=O)CCCCCCCCCCCCCCCCCCCCCCCCCCCCCCCCC. The first-order valence-corrected chi connectivity index (χ1v) is 30.5. The van der Waals surface area contributed by atoms with E-state index in [2.05, 4.69) is 57.2 Å². The molecular formula is C63H116O6. The maximum Gasteiger partial charge on any atom is 0.306 e. The Morgan fingerprint density at radius 2 is 0.565 bits per heavy atom. The second kappa shape index (κ2) is 58.2. The maximum atomic E-state index is 12.8. The van der Waals surface area contributed by atoms with Crippen molar-refractivity contribution in [3.63, 3.8) is 0 Å². The van der Waals surface area contributed by atoms with E-state index < -0.39 is 6.10 Å². The summed E-state index contributed by atoms with van der Waals surface area (Å²) in [5.41, 5.74) is 0. The van der Waals surface area contributed by atoms with Crippen molar-refractivity contribution in [2.45, 2.75) is 335 Å². The van der Waals surface area contributed by atoms with Gasteiger partial charge in [-0.05, 0) is 51.4 Å². The van der Waals surface area contributed by atoms with Crippen LogP contribution in [-0.2, 0) is 28.6 Å². The lowest BCUT2D eigenvalue weighted by molar-refractivity contribution is -0.167. The van der Waals surface area contributed by atoms with E-state index in [-0.39, 0.29) is 31.1 Å². The Balaban J connectivity index is 3.95. The molecule has 0 heterocycles. The normalized spacial score (nSPS) is 12.2. The van der Waals surface area contributed by atoms with Crippen LogP contribution in [0.15, 0.2) is 36.5 Å². The molecule has 0 aromatic rings. The van der Waals surface area contributed by atoms with Gasteiger partial charge in [-0.1, -0.05) is 295 Å². The topological polar surface area (TPSA) is 78.9 Å². The summed E-state index contributed by atoms with van der Waals surface area (Å²) in [6.07, 6.45) is 70.6. The molecule has 0 aromatic carbocycles. The Labute approximate surface area is 429 Å². The summed E-state index contributed by atoms with van der Waals surface area (Å²) in [5.74, 6) is -0.903. The Morgan fingerprint density at radius 3 is 0.884 bits per heavy atom. The first-order chi connectivity index (χ1) is 34.0. The van der Waals surface area contributed by atoms with Crippen molar-refractivity contribution in [2.24, 2.45) is 0 Å². The van der Waals surface area contributed by atoms with Gasteiger partial charge in [0.2, 0.25) is 0 Å². The molecule has 0 aliphatic heterocycles. The van der Waals surface area contributed by atoms with E-state index in [4.69, 9.17) is 14.2 Å². The molecule has 0 amide bonds. The van der Waals surface area contributed by atoms with E-state index in [0.717, 1.165) is 83.5 Å². The molecule has 0 saturated heterocycles. The maximum absolute atomic E-state index is 12.8. The van der Waals surface area contributed by atoms with E-state index in [0.29, 0.717) is 19.3 Å². The van der Waals surface area contributed by atoms with Crippen molar-refractivity contribution in [1.29, 1.82) is 0 Å². The smallest absolute Gasteiger partial charge is 0.306 e. The zero-order valence-electron chi connectivity index (χ0n) is 46.3. The summed E-state index contributed by atoms with van der Waals surface area (Å²) in [6, 6.07) is 0. The van der Waals surface area contributed by atoms with Gasteiger partial charge in [0, 0.05) is 19.3 Å². The number of hydrogen-bond acceptors (Lipinski definition) is 6. The Kier molecular flexibility index (Phi) is 56.2. The lowest BCUT2D eigenvalue weighted by Crippen LogP contribution is -2.30. The molecule has 1 atom stereocenters. The van der Waals surface area contributed by atoms with Crippen molar-refractivity contribution in [3.8, 4) is 0 Å². The molecule has 69 heavy (non-hydrogen) atoms. The molecule has 6 heteroatoms. The van der Waals surface area contributed by atoms with Gasteiger partial charge in [0.25, 0.3) is 0 Å². The molecule has 0 aromatic heterocycles. The van der Waals surface area contributed by atoms with Crippen molar-refractivity contribution in [1.82, 2.24) is 0 Å². The van der Waals surface area contributed by atoms with Crippen LogP contribution in [0, 0.1) is 0 Å². The third-order valence-electron chi connectivity index (χ3n) is 13.7. The van der Waals surface area contributed by atoms with Crippen LogP contribution in [-0.4, -0.2) is 37.2 Å². The molecule has 404 valence electrons. The fourth-order valence-corrected chi connectivity index (χ4v) is 9.11. The van der Waals surface area contributed by atoms with E-state index >= 15 is 0 Å². The zero-order chi connectivity index (χ0) is 50.0. The summed E-state index contributed by atoms with van der Waals surface area (Å²) in [5, 5.41) is 0. The Hall–Kier alpha value is -2.37. The Bertz CT molecular complexity index is 1160. The minimum atomic E-state index is -0.781. The summed E-state index contributed by atoms with van der Waals surface area (Å²) >= 11 is 0. The van der Waals surface area contributed by atoms with Crippen molar-refractivity contribution in [3.05, 3.63) is 36.5 Å². The molecule has 0 spiro atoms. The van der Waals surface area contributed by atoms with Crippen LogP contribution >= 0.6 is 0 Å². The second-order valence-corrected chi connectivity index (χ2v) is 20.6. The van der Waals surface area contributed by atoms with Crippen LogP contribution in [0.3, 0.4) is 0 Å². The van der Waals surface area contributed by atoms with Crippen LogP contribution in [0.25, 0.3) is 0 Å². The number of rotatable bonds is 56. The highest BCUT2D eigenvalue weighted by atomic mass is 16.6. The lowest BCUT2D eigenvalue weighted by atomic mass is 10.0. The highest BCUT2D eigenvalue weighted by molar-refractivity contribution is 5.71. The molecule has 0 saturated carbocycles. The van der Waals surface area contributed by atoms with E-state index in [1.54, 1.807) is 0 Å². The van der Waals surface area contributed by atoms with Gasteiger partial charge in [0.1, 0.15) is 13.2 Å². The summed E-state index contributed by atoms with van der Waals surface area (Å²) < 4.78 is 16.7. The first kappa shape index (κ1) is 66.6. The molecule has 0 N–H and O–H groups in total. The fourth-order valence-electron chi connectivity index (χ4n) is 9.11. The van der Waals surface area contributed by atoms with E-state index in [9.17, 15) is 14.4 Å². The third kappa shape index (κ3) is 56.4. The molecule has 0 aliphatic carbocycles. The number of esters is 3. The summed E-state index contributed by atoms with van der Waals surface area (Å²) in [6.45, 7) is 6.50. The fraction of sp³-hybridized carbons (Fsp3) is 0.857. The van der Waals surface area contributed by atoms with Gasteiger partial charge in [-0.3, -0.25) is 14.4 Å². The molecule has 0 fully saturated rings. The van der Waals surface area contributed by atoms with Crippen LogP contribution in [0.1, 0.15) is 329 Å². The average Bonchev–Trinajstić information content (AvgIpc) is 3.35. The monoisotopic (exact) mass is 969 g/mol. The number of allylic oxidation sites excluding steroid dienone is 6. The molecule has 0 rings (SSSR count). The lowest BCUT2D eigenvalue weighted by Gasteiger charge is -2.18. The summed E-state index contributed by atoms with van der Waals surface area (Å²) in [4.78, 5) is 37.9. The standard InChI is InChI=1S/C63H116O6/c1-4-7-10-13-16-18-20-22-23-24-25-26-27-28-29-30-31-32-33-34-35-36-37-38-39-41-42-44-47-50-53-56-62(65)68-59-60(58-67-61(64)55-52-49-46-15-12-9-6-3)69-63(66)57-54-51-48-45-43-40-21-19-17-14-11-8-5-2/h8,11,17,19,40,43,60H,4-7,9-10,12-16,18,20-39,41-42,44-59H2,1-3H3/b11-8-,19-17-,43-40-. The molecule has 0 aliphatic rings. The minimum absolute atomic E-state index is 0.0803. The first-order valence-electron chi connectivity index (χ1n) is 30.5. The van der Waals surface area contributed by atoms with Crippen LogP contribution in [0.4, 0.5) is 0 Å². The highest BCUT2D eigenvalue weighted by Crippen LogP contribution is 2.18. The van der Waals surface area contributed by atoms with Crippen molar-refractivity contribution >= 4 is 17.9 Å².